The molecule has 1 saturated heterocycles. The number of fused-ring (bicyclic) bond motifs is 1. The van der Waals surface area contributed by atoms with Crippen molar-refractivity contribution in [2.24, 2.45) is 0 Å². The van der Waals surface area contributed by atoms with Crippen LogP contribution in [0.4, 0.5) is 19.3 Å². The lowest BCUT2D eigenvalue weighted by Gasteiger charge is -2.26. The van der Waals surface area contributed by atoms with Gasteiger partial charge in [-0.25, -0.2) is 18.5 Å². The van der Waals surface area contributed by atoms with Crippen molar-refractivity contribution in [3.05, 3.63) is 107 Å². The van der Waals surface area contributed by atoms with E-state index in [1.807, 2.05) is 35.8 Å². The lowest BCUT2D eigenvalue weighted by Crippen LogP contribution is -2.54. The SMILES string of the molecule is Cc1c(/C=C2\C(=O)NC(=O)N(c3cccc(F)c3)C2=O)c2ccccc2n1Cc1ccccc1F. The first-order chi connectivity index (χ1) is 16.8. The Morgan fingerprint density at radius 3 is 2.43 bits per heavy atom. The second-order valence-corrected chi connectivity index (χ2v) is 8.13. The number of nitrogens with zero attached hydrogens (tertiary/aromatic N) is 2. The Morgan fingerprint density at radius 2 is 1.66 bits per heavy atom. The quantitative estimate of drug-likeness (QED) is 0.339. The van der Waals surface area contributed by atoms with Gasteiger partial charge >= 0.3 is 6.03 Å². The molecule has 2 heterocycles. The molecule has 0 bridgehead atoms. The molecule has 174 valence electrons. The number of amides is 4. The van der Waals surface area contributed by atoms with Crippen molar-refractivity contribution in [2.75, 3.05) is 4.90 Å². The second-order valence-electron chi connectivity index (χ2n) is 8.13. The molecule has 1 aliphatic heterocycles. The van der Waals surface area contributed by atoms with Gasteiger partial charge in [0.25, 0.3) is 11.8 Å². The smallest absolute Gasteiger partial charge is 0.335 e. The third-order valence-corrected chi connectivity index (χ3v) is 6.02. The minimum atomic E-state index is -0.957. The maximum Gasteiger partial charge on any atom is 0.335 e. The average molecular weight is 471 g/mol. The van der Waals surface area contributed by atoms with E-state index in [0.29, 0.717) is 16.8 Å². The first-order valence-corrected chi connectivity index (χ1v) is 10.8. The molecule has 3 aromatic carbocycles. The third kappa shape index (κ3) is 3.89. The Bertz CT molecular complexity index is 1550. The van der Waals surface area contributed by atoms with E-state index in [-0.39, 0.29) is 23.6 Å². The molecule has 8 heteroatoms. The maximum atomic E-state index is 14.4. The number of imide groups is 2. The standard InChI is InChI=1S/C27H19F2N3O3/c1-16-21(20-10-3-5-12-24(20)31(16)15-17-7-2-4-11-23(17)29)14-22-25(33)30-27(35)32(26(22)34)19-9-6-8-18(28)13-19/h2-14H,15H2,1H3,(H,30,33,35)/b22-14+. The Labute approximate surface area is 199 Å². The number of halogens is 2. The summed E-state index contributed by atoms with van der Waals surface area (Å²) in [6, 6.07) is 17.9. The van der Waals surface area contributed by atoms with Gasteiger partial charge in [0.15, 0.2) is 0 Å². The van der Waals surface area contributed by atoms with Gasteiger partial charge in [-0.1, -0.05) is 42.5 Å². The highest BCUT2D eigenvalue weighted by atomic mass is 19.1. The fourth-order valence-electron chi connectivity index (χ4n) is 4.29. The molecule has 1 aromatic heterocycles. The molecule has 1 fully saturated rings. The van der Waals surface area contributed by atoms with Crippen LogP contribution < -0.4 is 10.2 Å². The predicted octanol–water partition coefficient (Wildman–Crippen LogP) is 4.94. The van der Waals surface area contributed by atoms with Crippen molar-refractivity contribution in [2.45, 2.75) is 13.5 Å². The molecule has 35 heavy (non-hydrogen) atoms. The van der Waals surface area contributed by atoms with Crippen LogP contribution in [-0.4, -0.2) is 22.4 Å². The zero-order valence-electron chi connectivity index (χ0n) is 18.6. The predicted molar refractivity (Wildman–Crippen MR) is 128 cm³/mol. The molecule has 6 nitrogen and oxygen atoms in total. The number of carbonyl (C=O) groups is 3. The summed E-state index contributed by atoms with van der Waals surface area (Å²) < 4.78 is 30.0. The van der Waals surface area contributed by atoms with Crippen molar-refractivity contribution in [3.8, 4) is 0 Å². The molecular formula is C27H19F2N3O3. The topological polar surface area (TPSA) is 71.4 Å². The van der Waals surface area contributed by atoms with Crippen LogP contribution in [0.1, 0.15) is 16.8 Å². The van der Waals surface area contributed by atoms with Crippen LogP contribution in [0.5, 0.6) is 0 Å². The molecule has 0 unspecified atom stereocenters. The van der Waals surface area contributed by atoms with E-state index in [4.69, 9.17) is 0 Å². The van der Waals surface area contributed by atoms with Crippen LogP contribution in [0.25, 0.3) is 17.0 Å². The molecule has 0 aliphatic carbocycles. The molecule has 5 rings (SSSR count). The van der Waals surface area contributed by atoms with Gasteiger partial charge in [-0.15, -0.1) is 0 Å². The highest BCUT2D eigenvalue weighted by Crippen LogP contribution is 2.30. The first kappa shape index (κ1) is 22.2. The highest BCUT2D eigenvalue weighted by Gasteiger charge is 2.37. The number of hydrogen-bond acceptors (Lipinski definition) is 3. The normalized spacial score (nSPS) is 15.2. The van der Waals surface area contributed by atoms with Crippen molar-refractivity contribution in [1.82, 2.24) is 9.88 Å². The lowest BCUT2D eigenvalue weighted by atomic mass is 10.0. The van der Waals surface area contributed by atoms with E-state index in [2.05, 4.69) is 5.32 Å². The van der Waals surface area contributed by atoms with Crippen LogP contribution >= 0.6 is 0 Å². The molecule has 1 N–H and O–H groups in total. The molecule has 0 spiro atoms. The summed E-state index contributed by atoms with van der Waals surface area (Å²) in [5.74, 6) is -2.68. The summed E-state index contributed by atoms with van der Waals surface area (Å²) in [5.41, 5.74) is 2.31. The van der Waals surface area contributed by atoms with E-state index < -0.39 is 23.7 Å². The number of rotatable bonds is 4. The molecular weight excluding hydrogens is 452 g/mol. The number of nitrogens with one attached hydrogen (secondary N) is 1. The van der Waals surface area contributed by atoms with Crippen LogP contribution in [-0.2, 0) is 16.1 Å². The molecule has 0 atom stereocenters. The second kappa shape index (κ2) is 8.64. The molecule has 4 aromatic rings. The average Bonchev–Trinajstić information content (AvgIpc) is 3.09. The number of hydrogen-bond donors (Lipinski definition) is 1. The third-order valence-electron chi connectivity index (χ3n) is 6.02. The number of carbonyl (C=O) groups excluding carboxylic acids is 3. The van der Waals surface area contributed by atoms with Crippen molar-refractivity contribution >= 4 is 40.5 Å². The van der Waals surface area contributed by atoms with Gasteiger partial charge < -0.3 is 4.57 Å². The van der Waals surface area contributed by atoms with Crippen LogP contribution in [0.15, 0.2) is 78.4 Å². The Hall–Kier alpha value is -4.59. The van der Waals surface area contributed by atoms with Crippen LogP contribution in [0.3, 0.4) is 0 Å². The molecule has 1 aliphatic rings. The Morgan fingerprint density at radius 1 is 0.914 bits per heavy atom. The van der Waals surface area contributed by atoms with Gasteiger partial charge in [0.2, 0.25) is 0 Å². The number of para-hydroxylation sites is 1. The van der Waals surface area contributed by atoms with E-state index in [9.17, 15) is 23.2 Å². The highest BCUT2D eigenvalue weighted by molar-refractivity contribution is 6.39. The van der Waals surface area contributed by atoms with E-state index in [0.717, 1.165) is 21.9 Å². The zero-order valence-corrected chi connectivity index (χ0v) is 18.6. The van der Waals surface area contributed by atoms with Gasteiger partial charge in [-0.05, 0) is 43.3 Å². The number of urea groups is 1. The monoisotopic (exact) mass is 471 g/mol. The number of barbiturate groups is 1. The van der Waals surface area contributed by atoms with Gasteiger partial charge in [0.1, 0.15) is 17.2 Å². The molecule has 4 amide bonds. The molecule has 0 saturated carbocycles. The lowest BCUT2D eigenvalue weighted by molar-refractivity contribution is -0.122. The van der Waals surface area contributed by atoms with Gasteiger partial charge in [-0.2, -0.15) is 0 Å². The molecule has 0 radical (unpaired) electrons. The fraction of sp³-hybridized carbons (Fsp3) is 0.0741. The summed E-state index contributed by atoms with van der Waals surface area (Å²) in [6.07, 6.45) is 1.42. The largest absolute Gasteiger partial charge is 0.340 e. The minimum Gasteiger partial charge on any atom is -0.340 e. The number of aromatic nitrogens is 1. The summed E-state index contributed by atoms with van der Waals surface area (Å²) in [7, 11) is 0. The maximum absolute atomic E-state index is 14.4. The van der Waals surface area contributed by atoms with Gasteiger partial charge in [0, 0.05) is 27.7 Å². The Balaban J connectivity index is 1.63. The Kier molecular flexibility index (Phi) is 5.49. The van der Waals surface area contributed by atoms with Crippen LogP contribution in [0.2, 0.25) is 0 Å². The van der Waals surface area contributed by atoms with E-state index >= 15 is 0 Å². The zero-order chi connectivity index (χ0) is 24.7. The summed E-state index contributed by atoms with van der Waals surface area (Å²) >= 11 is 0. The van der Waals surface area contributed by atoms with Crippen LogP contribution in [0, 0.1) is 18.6 Å². The van der Waals surface area contributed by atoms with Gasteiger partial charge in [0.05, 0.1) is 12.2 Å². The van der Waals surface area contributed by atoms with Crippen molar-refractivity contribution in [3.63, 3.8) is 0 Å². The summed E-state index contributed by atoms with van der Waals surface area (Å²) in [4.78, 5) is 39.1. The van der Waals surface area contributed by atoms with Crippen molar-refractivity contribution in [1.29, 1.82) is 0 Å². The van der Waals surface area contributed by atoms with Gasteiger partial charge in [-0.3, -0.25) is 14.9 Å². The fourth-order valence-corrected chi connectivity index (χ4v) is 4.29. The minimum absolute atomic E-state index is 0.00426. The summed E-state index contributed by atoms with van der Waals surface area (Å²) in [5, 5.41) is 2.90. The summed E-state index contributed by atoms with van der Waals surface area (Å²) in [6.45, 7) is 2.06. The van der Waals surface area contributed by atoms with E-state index in [1.54, 1.807) is 18.2 Å². The number of benzene rings is 3. The van der Waals surface area contributed by atoms with Crippen molar-refractivity contribution < 1.29 is 23.2 Å². The van der Waals surface area contributed by atoms with E-state index in [1.165, 1.54) is 30.3 Å². The number of anilines is 1. The first-order valence-electron chi connectivity index (χ1n) is 10.8.